The highest BCUT2D eigenvalue weighted by Gasteiger charge is 2.19. The molecule has 0 aromatic carbocycles. The van der Waals surface area contributed by atoms with Crippen molar-refractivity contribution in [1.29, 1.82) is 10.5 Å². The van der Waals surface area contributed by atoms with Crippen molar-refractivity contribution in [3.63, 3.8) is 0 Å². The molecule has 0 aromatic heterocycles. The third kappa shape index (κ3) is 3.07. The average molecular weight is 227 g/mol. The van der Waals surface area contributed by atoms with E-state index in [0.29, 0.717) is 0 Å². The first kappa shape index (κ1) is 11.2. The normalized spacial score (nSPS) is 9.75. The smallest absolute Gasteiger partial charge is 0.127 e. The molecule has 12 heavy (non-hydrogen) atoms. The van der Waals surface area contributed by atoms with Gasteiger partial charge in [-0.1, -0.05) is 29.8 Å². The Morgan fingerprint density at radius 1 is 1.33 bits per heavy atom. The summed E-state index contributed by atoms with van der Waals surface area (Å²) in [5, 5.41) is 17.0. The Balaban J connectivity index is 4.72. The lowest BCUT2D eigenvalue weighted by atomic mass is 10.0. The molecule has 0 bridgehead atoms. The molecule has 0 aliphatic heterocycles. The van der Waals surface area contributed by atoms with Crippen molar-refractivity contribution in [1.82, 2.24) is 0 Å². The van der Waals surface area contributed by atoms with Crippen molar-refractivity contribution in [2.75, 3.05) is 0 Å². The molecule has 0 aliphatic carbocycles. The number of hydrogen-bond donors (Lipinski definition) is 0. The van der Waals surface area contributed by atoms with Crippen LogP contribution in [0.5, 0.6) is 0 Å². The zero-order valence-corrected chi connectivity index (χ0v) is 8.85. The monoisotopic (exact) mass is 226 g/mol. The number of allylic oxidation sites excluding steroid dienone is 2. The van der Waals surface area contributed by atoms with Crippen molar-refractivity contribution >= 4 is 15.9 Å². The molecule has 0 fully saturated rings. The molecule has 0 unspecified atom stereocenters. The number of hydrogen-bond acceptors (Lipinski definition) is 2. The summed E-state index contributed by atoms with van der Waals surface area (Å²) in [5.41, 5.74) is 0.176. The molecule has 0 spiro atoms. The molecule has 0 aliphatic rings. The highest BCUT2D eigenvalue weighted by Crippen LogP contribution is 2.28. The third-order valence-electron chi connectivity index (χ3n) is 1.82. The van der Waals surface area contributed by atoms with Crippen LogP contribution in [0.3, 0.4) is 0 Å². The van der Waals surface area contributed by atoms with Gasteiger partial charge in [0.1, 0.15) is 17.7 Å². The molecule has 0 N–H and O–H groups in total. The van der Waals surface area contributed by atoms with Gasteiger partial charge in [-0.15, -0.1) is 0 Å². The molecule has 0 saturated heterocycles. The number of rotatable bonds is 3. The van der Waals surface area contributed by atoms with E-state index in [1.807, 2.05) is 26.0 Å². The molecule has 0 heterocycles. The molecule has 0 saturated carbocycles. The second kappa shape index (κ2) is 4.95. The van der Waals surface area contributed by atoms with Crippen molar-refractivity contribution in [2.24, 2.45) is 0 Å². The van der Waals surface area contributed by atoms with E-state index in [1.54, 1.807) is 6.08 Å². The Morgan fingerprint density at radius 3 is 2.00 bits per heavy atom. The van der Waals surface area contributed by atoms with E-state index in [1.165, 1.54) is 0 Å². The number of alkyl halides is 1. The predicted octanol–water partition coefficient (Wildman–Crippen LogP) is 2.91. The van der Waals surface area contributed by atoms with Crippen molar-refractivity contribution in [3.8, 4) is 12.1 Å². The minimum Gasteiger partial charge on any atom is -0.192 e. The van der Waals surface area contributed by atoms with Gasteiger partial charge >= 0.3 is 0 Å². The van der Waals surface area contributed by atoms with Crippen LogP contribution >= 0.6 is 15.9 Å². The fraction of sp³-hybridized carbons (Fsp3) is 0.556. The second-order valence-electron chi connectivity index (χ2n) is 2.52. The predicted molar refractivity (Wildman–Crippen MR) is 51.5 cm³/mol. The summed E-state index contributed by atoms with van der Waals surface area (Å²) in [5.74, 6) is 0. The van der Waals surface area contributed by atoms with E-state index in [9.17, 15) is 0 Å². The van der Waals surface area contributed by atoms with E-state index in [4.69, 9.17) is 10.5 Å². The molecular weight excluding hydrogens is 216 g/mol. The van der Waals surface area contributed by atoms with Gasteiger partial charge in [0.2, 0.25) is 0 Å². The summed E-state index contributed by atoms with van der Waals surface area (Å²) in [4.78, 5) is 0. The van der Waals surface area contributed by atoms with Crippen LogP contribution in [0.25, 0.3) is 0 Å². The molecule has 64 valence electrons. The van der Waals surface area contributed by atoms with Crippen molar-refractivity contribution < 1.29 is 0 Å². The summed E-state index contributed by atoms with van der Waals surface area (Å²) >= 11 is 3.49. The van der Waals surface area contributed by atoms with Crippen molar-refractivity contribution in [2.45, 2.75) is 31.0 Å². The first-order chi connectivity index (χ1) is 5.61. The Labute approximate surface area is 81.6 Å². The van der Waals surface area contributed by atoms with Crippen molar-refractivity contribution in [3.05, 3.63) is 11.6 Å². The molecular formula is C9H11BrN2. The fourth-order valence-electron chi connectivity index (χ4n) is 0.802. The highest BCUT2D eigenvalue weighted by molar-refractivity contribution is 9.10. The Morgan fingerprint density at radius 2 is 1.75 bits per heavy atom. The van der Waals surface area contributed by atoms with Gasteiger partial charge in [-0.2, -0.15) is 10.5 Å². The van der Waals surface area contributed by atoms with Crippen LogP contribution in [0.2, 0.25) is 0 Å². The van der Waals surface area contributed by atoms with Gasteiger partial charge in [0.15, 0.2) is 0 Å². The standard InChI is InChI=1S/C9H11BrN2/c1-3-9(10,4-2)5-8(6-11)7-12/h5H,3-4H2,1-2H3. The first-order valence-corrected chi connectivity index (χ1v) is 4.63. The molecule has 0 rings (SSSR count). The minimum atomic E-state index is -0.187. The van der Waals surface area contributed by atoms with E-state index in [2.05, 4.69) is 15.9 Å². The quantitative estimate of drug-likeness (QED) is 0.549. The first-order valence-electron chi connectivity index (χ1n) is 3.83. The maximum absolute atomic E-state index is 8.52. The van der Waals surface area contributed by atoms with Gasteiger partial charge in [0.05, 0.1) is 0 Å². The van der Waals surface area contributed by atoms with Crippen LogP contribution in [0.4, 0.5) is 0 Å². The Kier molecular flexibility index (Phi) is 4.62. The second-order valence-corrected chi connectivity index (χ2v) is 4.10. The van der Waals surface area contributed by atoms with E-state index < -0.39 is 0 Å². The summed E-state index contributed by atoms with van der Waals surface area (Å²) in [6.45, 7) is 4.03. The van der Waals surface area contributed by atoms with Crippen LogP contribution in [0.1, 0.15) is 26.7 Å². The van der Waals surface area contributed by atoms with E-state index in [-0.39, 0.29) is 9.90 Å². The topological polar surface area (TPSA) is 47.6 Å². The third-order valence-corrected chi connectivity index (χ3v) is 3.17. The van der Waals surface area contributed by atoms with Gasteiger partial charge in [0.25, 0.3) is 0 Å². The van der Waals surface area contributed by atoms with Crippen LogP contribution in [-0.2, 0) is 0 Å². The Bertz CT molecular complexity index is 235. The molecule has 0 amide bonds. The van der Waals surface area contributed by atoms with Crippen LogP contribution in [0.15, 0.2) is 11.6 Å². The van der Waals surface area contributed by atoms with Crippen LogP contribution < -0.4 is 0 Å². The molecule has 0 atom stereocenters. The molecule has 3 heteroatoms. The van der Waals surface area contributed by atoms with Gasteiger partial charge < -0.3 is 0 Å². The summed E-state index contributed by atoms with van der Waals surface area (Å²) in [7, 11) is 0. The van der Waals surface area contributed by atoms with Gasteiger partial charge in [0, 0.05) is 4.32 Å². The zero-order valence-electron chi connectivity index (χ0n) is 7.26. The molecule has 2 nitrogen and oxygen atoms in total. The zero-order chi connectivity index (χ0) is 9.61. The van der Waals surface area contributed by atoms with Crippen LogP contribution in [0, 0.1) is 22.7 Å². The lowest BCUT2D eigenvalue weighted by Crippen LogP contribution is -2.14. The van der Waals surface area contributed by atoms with E-state index in [0.717, 1.165) is 12.8 Å². The maximum atomic E-state index is 8.52. The lowest BCUT2D eigenvalue weighted by Gasteiger charge is -2.18. The summed E-state index contributed by atoms with van der Waals surface area (Å²) < 4.78 is -0.187. The Hall–Kier alpha value is -0.800. The summed E-state index contributed by atoms with van der Waals surface area (Å²) in [6.07, 6.45) is 3.43. The minimum absolute atomic E-state index is 0.176. The number of halogens is 1. The van der Waals surface area contributed by atoms with Gasteiger partial charge in [-0.05, 0) is 18.9 Å². The SMILES string of the molecule is CCC(Br)(C=C(C#N)C#N)CC. The largest absolute Gasteiger partial charge is 0.192 e. The summed E-state index contributed by atoms with van der Waals surface area (Å²) in [6, 6.07) is 3.69. The molecule has 0 radical (unpaired) electrons. The average Bonchev–Trinajstić information content (AvgIpc) is 2.14. The molecule has 0 aromatic rings. The lowest BCUT2D eigenvalue weighted by molar-refractivity contribution is 0.672. The number of nitrogens with zero attached hydrogens (tertiary/aromatic N) is 2. The fourth-order valence-corrected chi connectivity index (χ4v) is 1.03. The number of nitriles is 2. The highest BCUT2D eigenvalue weighted by atomic mass is 79.9. The maximum Gasteiger partial charge on any atom is 0.127 e. The van der Waals surface area contributed by atoms with Gasteiger partial charge in [-0.25, -0.2) is 0 Å². The van der Waals surface area contributed by atoms with E-state index >= 15 is 0 Å². The van der Waals surface area contributed by atoms with Crippen LogP contribution in [-0.4, -0.2) is 4.32 Å². The van der Waals surface area contributed by atoms with Gasteiger partial charge in [-0.3, -0.25) is 0 Å².